The second-order valence-electron chi connectivity index (χ2n) is 4.93. The SMILES string of the molecule is COc1ccc(-c2ccc(-c3ccc(C)[se]3)c(F)c2F)cc1. The second kappa shape index (κ2) is 6.07. The molecule has 1 nitrogen and oxygen atoms in total. The molecule has 0 spiro atoms. The third kappa shape index (κ3) is 2.72. The quantitative estimate of drug-likeness (QED) is 0.615. The van der Waals surface area contributed by atoms with E-state index < -0.39 is 11.6 Å². The van der Waals surface area contributed by atoms with Gasteiger partial charge in [-0.15, -0.1) is 0 Å². The number of rotatable bonds is 3. The van der Waals surface area contributed by atoms with Crippen LogP contribution >= 0.6 is 0 Å². The first-order chi connectivity index (χ1) is 10.6. The fraction of sp³-hybridized carbons (Fsp3) is 0.111. The first-order valence-corrected chi connectivity index (χ1v) is 8.50. The minimum atomic E-state index is -0.802. The van der Waals surface area contributed by atoms with Crippen LogP contribution in [0.1, 0.15) is 4.44 Å². The Morgan fingerprint density at radius 1 is 0.818 bits per heavy atom. The normalized spacial score (nSPS) is 10.7. The molecule has 0 saturated carbocycles. The van der Waals surface area contributed by atoms with Crippen LogP contribution in [0.4, 0.5) is 8.78 Å². The first-order valence-electron chi connectivity index (χ1n) is 6.79. The minimum absolute atomic E-state index is 0.0783. The van der Waals surface area contributed by atoms with E-state index in [9.17, 15) is 8.78 Å². The Balaban J connectivity index is 2.05. The van der Waals surface area contributed by atoms with E-state index in [1.165, 1.54) is 4.44 Å². The molecule has 3 rings (SSSR count). The van der Waals surface area contributed by atoms with Gasteiger partial charge in [0.05, 0.1) is 0 Å². The number of ether oxygens (including phenoxy) is 1. The number of methoxy groups -OCH3 is 1. The summed E-state index contributed by atoms with van der Waals surface area (Å²) in [5.74, 6) is -0.893. The molecule has 0 fully saturated rings. The zero-order valence-corrected chi connectivity index (χ0v) is 13.9. The second-order valence-corrected chi connectivity index (χ2v) is 7.63. The molecule has 0 aliphatic carbocycles. The molecule has 22 heavy (non-hydrogen) atoms. The average molecular weight is 363 g/mol. The number of benzene rings is 2. The maximum atomic E-state index is 14.4. The molecule has 0 aliphatic rings. The van der Waals surface area contributed by atoms with E-state index in [0.717, 1.165) is 4.44 Å². The topological polar surface area (TPSA) is 9.23 Å². The van der Waals surface area contributed by atoms with Crippen LogP contribution in [0, 0.1) is 18.6 Å². The van der Waals surface area contributed by atoms with Gasteiger partial charge in [-0.05, 0) is 0 Å². The summed E-state index contributed by atoms with van der Waals surface area (Å²) in [7, 11) is 1.57. The standard InChI is InChI=1S/C18H14F2OSe/c1-11-3-10-16(22-11)15-9-8-14(17(19)18(15)20)12-4-6-13(21-2)7-5-12/h3-10H,1-2H3. The van der Waals surface area contributed by atoms with Crippen LogP contribution in [0.25, 0.3) is 21.1 Å². The van der Waals surface area contributed by atoms with Crippen molar-refractivity contribution >= 4 is 14.5 Å². The molecule has 4 heteroatoms. The number of halogens is 2. The van der Waals surface area contributed by atoms with Crippen molar-refractivity contribution in [2.75, 3.05) is 7.11 Å². The van der Waals surface area contributed by atoms with Gasteiger partial charge in [-0.1, -0.05) is 0 Å². The number of aryl methyl sites for hydroxylation is 1. The molecule has 0 amide bonds. The molecule has 0 unspecified atom stereocenters. The fourth-order valence-corrected chi connectivity index (χ4v) is 4.17. The molecule has 0 atom stereocenters. The predicted molar refractivity (Wildman–Crippen MR) is 85.5 cm³/mol. The molecule has 1 heterocycles. The van der Waals surface area contributed by atoms with E-state index in [4.69, 9.17) is 4.74 Å². The summed E-state index contributed by atoms with van der Waals surface area (Å²) in [6.45, 7) is 2.00. The Hall–Kier alpha value is -1.90. The van der Waals surface area contributed by atoms with Gasteiger partial charge in [0.25, 0.3) is 0 Å². The van der Waals surface area contributed by atoms with E-state index in [2.05, 4.69) is 0 Å². The molecule has 3 aromatic rings. The van der Waals surface area contributed by atoms with E-state index in [-0.39, 0.29) is 20.1 Å². The van der Waals surface area contributed by atoms with Gasteiger partial charge in [0, 0.05) is 0 Å². The van der Waals surface area contributed by atoms with Crippen molar-refractivity contribution in [2.24, 2.45) is 0 Å². The summed E-state index contributed by atoms with van der Waals surface area (Å²) in [4.78, 5) is 0. The molecule has 0 N–H and O–H groups in total. The van der Waals surface area contributed by atoms with E-state index in [1.807, 2.05) is 19.1 Å². The van der Waals surface area contributed by atoms with Crippen molar-refractivity contribution in [3.8, 4) is 26.9 Å². The van der Waals surface area contributed by atoms with Crippen LogP contribution in [0.2, 0.25) is 0 Å². The Morgan fingerprint density at radius 3 is 2.05 bits per heavy atom. The van der Waals surface area contributed by atoms with Crippen LogP contribution in [0.15, 0.2) is 48.5 Å². The van der Waals surface area contributed by atoms with Gasteiger partial charge < -0.3 is 0 Å². The van der Waals surface area contributed by atoms with Crippen molar-refractivity contribution in [1.29, 1.82) is 0 Å². The third-order valence-corrected chi connectivity index (χ3v) is 5.66. The zero-order chi connectivity index (χ0) is 15.7. The number of hydrogen-bond acceptors (Lipinski definition) is 1. The molecular weight excluding hydrogens is 349 g/mol. The fourth-order valence-electron chi connectivity index (χ4n) is 2.31. The van der Waals surface area contributed by atoms with Crippen molar-refractivity contribution in [1.82, 2.24) is 0 Å². The van der Waals surface area contributed by atoms with E-state index >= 15 is 0 Å². The van der Waals surface area contributed by atoms with Gasteiger partial charge in [0.1, 0.15) is 0 Å². The molecule has 0 saturated heterocycles. The van der Waals surface area contributed by atoms with Gasteiger partial charge in [-0.2, -0.15) is 0 Å². The number of hydrogen-bond donors (Lipinski definition) is 0. The first kappa shape index (κ1) is 15.0. The summed E-state index contributed by atoms with van der Waals surface area (Å²) >= 11 is 0.0783. The van der Waals surface area contributed by atoms with E-state index in [0.29, 0.717) is 16.9 Å². The molecule has 0 bridgehead atoms. The monoisotopic (exact) mass is 364 g/mol. The average Bonchev–Trinajstić information content (AvgIpc) is 2.96. The van der Waals surface area contributed by atoms with E-state index in [1.54, 1.807) is 43.5 Å². The van der Waals surface area contributed by atoms with Crippen molar-refractivity contribution in [2.45, 2.75) is 6.92 Å². The Kier molecular flexibility index (Phi) is 4.14. The summed E-state index contributed by atoms with van der Waals surface area (Å²) in [6.07, 6.45) is 0. The third-order valence-electron chi connectivity index (χ3n) is 3.49. The Labute approximate surface area is 133 Å². The summed E-state index contributed by atoms with van der Waals surface area (Å²) in [5, 5.41) is 0. The van der Waals surface area contributed by atoms with Crippen LogP contribution < -0.4 is 4.74 Å². The summed E-state index contributed by atoms with van der Waals surface area (Å²) in [6, 6.07) is 14.1. The summed E-state index contributed by atoms with van der Waals surface area (Å²) < 4.78 is 36.0. The molecular formula is C18H14F2OSe. The zero-order valence-electron chi connectivity index (χ0n) is 12.2. The predicted octanol–water partition coefficient (Wildman–Crippen LogP) is 4.67. The van der Waals surface area contributed by atoms with Crippen molar-refractivity contribution in [3.05, 3.63) is 64.6 Å². The molecule has 0 aliphatic heterocycles. The summed E-state index contributed by atoms with van der Waals surface area (Å²) in [5.41, 5.74) is 1.26. The Bertz CT molecular complexity index is 806. The molecule has 0 radical (unpaired) electrons. The van der Waals surface area contributed by atoms with Gasteiger partial charge in [0.15, 0.2) is 0 Å². The maximum absolute atomic E-state index is 14.4. The van der Waals surface area contributed by atoms with Gasteiger partial charge >= 0.3 is 134 Å². The van der Waals surface area contributed by atoms with Gasteiger partial charge in [0.2, 0.25) is 0 Å². The molecule has 2 aromatic carbocycles. The van der Waals surface area contributed by atoms with Gasteiger partial charge in [-0.3, -0.25) is 0 Å². The molecule has 1 aromatic heterocycles. The van der Waals surface area contributed by atoms with Crippen molar-refractivity contribution < 1.29 is 13.5 Å². The van der Waals surface area contributed by atoms with Crippen LogP contribution in [-0.4, -0.2) is 21.6 Å². The van der Waals surface area contributed by atoms with Crippen molar-refractivity contribution in [3.63, 3.8) is 0 Å². The van der Waals surface area contributed by atoms with Crippen LogP contribution in [0.5, 0.6) is 5.75 Å². The molecule has 112 valence electrons. The Morgan fingerprint density at radius 2 is 1.45 bits per heavy atom. The van der Waals surface area contributed by atoms with Crippen LogP contribution in [-0.2, 0) is 0 Å². The van der Waals surface area contributed by atoms with Gasteiger partial charge in [-0.25, -0.2) is 0 Å². The van der Waals surface area contributed by atoms with Crippen LogP contribution in [0.3, 0.4) is 0 Å².